The summed E-state index contributed by atoms with van der Waals surface area (Å²) in [5.74, 6) is 0.828. The normalized spacial score (nSPS) is 14.1. The number of halogens is 1. The molecule has 0 aromatic heterocycles. The zero-order valence-electron chi connectivity index (χ0n) is 17.7. The maximum absolute atomic E-state index is 12.1. The molecule has 0 saturated carbocycles. The topological polar surface area (TPSA) is 77.5 Å². The number of hydrogen-bond acceptors (Lipinski definition) is 4. The van der Waals surface area contributed by atoms with Crippen molar-refractivity contribution in [1.82, 2.24) is 20.0 Å². The van der Waals surface area contributed by atoms with Crippen LogP contribution in [0.4, 0.5) is 4.79 Å². The molecule has 1 heterocycles. The molecule has 2 amide bonds. The fourth-order valence-electron chi connectivity index (χ4n) is 3.08. The van der Waals surface area contributed by atoms with Crippen molar-refractivity contribution in [2.75, 3.05) is 60.5 Å². The SMILES string of the molecule is CCOC(=O)N1CCN(C(=NC)NCCc2cccc(C(=O)N(C)C)c2)CC1.I. The molecule has 29 heavy (non-hydrogen) atoms. The van der Waals surface area contributed by atoms with E-state index in [2.05, 4.69) is 15.2 Å². The van der Waals surface area contributed by atoms with Crippen molar-refractivity contribution in [3.63, 3.8) is 0 Å². The summed E-state index contributed by atoms with van der Waals surface area (Å²) in [7, 11) is 5.26. The van der Waals surface area contributed by atoms with Gasteiger partial charge in [0.05, 0.1) is 6.61 Å². The van der Waals surface area contributed by atoms with Crippen LogP contribution in [0.25, 0.3) is 0 Å². The number of carbonyl (C=O) groups is 2. The van der Waals surface area contributed by atoms with Crippen LogP contribution in [0.15, 0.2) is 29.3 Å². The van der Waals surface area contributed by atoms with Crippen molar-refractivity contribution in [3.8, 4) is 0 Å². The van der Waals surface area contributed by atoms with E-state index in [-0.39, 0.29) is 36.0 Å². The standard InChI is InChI=1S/C20H31N5O3.HI/c1-5-28-20(27)25-13-11-24(12-14-25)19(21-2)22-10-9-16-7-6-8-17(15-16)18(26)23(3)4;/h6-8,15H,5,9-14H2,1-4H3,(H,21,22);1H. The Kier molecular flexibility index (Phi) is 10.8. The molecular weight excluding hydrogens is 485 g/mol. The Morgan fingerprint density at radius 2 is 1.83 bits per heavy atom. The second-order valence-electron chi connectivity index (χ2n) is 6.80. The number of piperazine rings is 1. The van der Waals surface area contributed by atoms with Crippen molar-refractivity contribution < 1.29 is 14.3 Å². The molecule has 1 saturated heterocycles. The summed E-state index contributed by atoms with van der Waals surface area (Å²) in [5, 5.41) is 3.37. The molecule has 1 N–H and O–H groups in total. The maximum atomic E-state index is 12.1. The van der Waals surface area contributed by atoms with E-state index in [0.717, 1.165) is 17.9 Å². The summed E-state index contributed by atoms with van der Waals surface area (Å²) in [6, 6.07) is 7.70. The summed E-state index contributed by atoms with van der Waals surface area (Å²) < 4.78 is 5.05. The highest BCUT2D eigenvalue weighted by molar-refractivity contribution is 14.0. The number of nitrogens with zero attached hydrogens (tertiary/aromatic N) is 4. The lowest BCUT2D eigenvalue weighted by Gasteiger charge is -2.35. The van der Waals surface area contributed by atoms with Gasteiger partial charge in [-0.3, -0.25) is 9.79 Å². The first-order chi connectivity index (χ1) is 13.5. The number of ether oxygens (including phenoxy) is 1. The van der Waals surface area contributed by atoms with Gasteiger partial charge in [0.15, 0.2) is 5.96 Å². The summed E-state index contributed by atoms with van der Waals surface area (Å²) in [6.07, 6.45) is 0.536. The van der Waals surface area contributed by atoms with Gasteiger partial charge < -0.3 is 24.8 Å². The van der Waals surface area contributed by atoms with Crippen LogP contribution in [-0.2, 0) is 11.2 Å². The van der Waals surface area contributed by atoms with E-state index < -0.39 is 0 Å². The van der Waals surface area contributed by atoms with Crippen LogP contribution < -0.4 is 5.32 Å². The zero-order chi connectivity index (χ0) is 20.5. The van der Waals surface area contributed by atoms with Gasteiger partial charge in [-0.05, 0) is 31.0 Å². The van der Waals surface area contributed by atoms with Crippen LogP contribution in [0.1, 0.15) is 22.8 Å². The Labute approximate surface area is 190 Å². The number of guanidine groups is 1. The fourth-order valence-corrected chi connectivity index (χ4v) is 3.08. The molecule has 0 radical (unpaired) electrons. The molecule has 0 unspecified atom stereocenters. The first-order valence-corrected chi connectivity index (χ1v) is 9.64. The van der Waals surface area contributed by atoms with Gasteiger partial charge in [0.1, 0.15) is 0 Å². The third-order valence-electron chi connectivity index (χ3n) is 4.59. The van der Waals surface area contributed by atoms with Gasteiger partial charge in [-0.15, -0.1) is 24.0 Å². The molecule has 0 atom stereocenters. The van der Waals surface area contributed by atoms with E-state index in [9.17, 15) is 9.59 Å². The molecule has 8 nitrogen and oxygen atoms in total. The summed E-state index contributed by atoms with van der Waals surface area (Å²) >= 11 is 0. The van der Waals surface area contributed by atoms with Gasteiger partial charge in [-0.1, -0.05) is 12.1 Å². The predicted molar refractivity (Wildman–Crippen MR) is 125 cm³/mol. The average Bonchev–Trinajstić information content (AvgIpc) is 2.71. The Morgan fingerprint density at radius 3 is 2.41 bits per heavy atom. The molecule has 162 valence electrons. The summed E-state index contributed by atoms with van der Waals surface area (Å²) in [6.45, 7) is 5.58. The van der Waals surface area contributed by atoms with Gasteiger partial charge >= 0.3 is 6.09 Å². The van der Waals surface area contributed by atoms with E-state index in [1.165, 1.54) is 0 Å². The lowest BCUT2D eigenvalue weighted by Crippen LogP contribution is -2.54. The lowest BCUT2D eigenvalue weighted by molar-refractivity contribution is 0.0827. The number of hydrogen-bond donors (Lipinski definition) is 1. The van der Waals surface area contributed by atoms with Crippen LogP contribution in [-0.4, -0.2) is 93.1 Å². The number of carbonyl (C=O) groups excluding carboxylic acids is 2. The molecule has 1 aromatic rings. The molecule has 0 spiro atoms. The summed E-state index contributed by atoms with van der Waals surface area (Å²) in [5.41, 5.74) is 1.80. The molecule has 2 rings (SSSR count). The Morgan fingerprint density at radius 1 is 1.17 bits per heavy atom. The predicted octanol–water partition coefficient (Wildman–Crippen LogP) is 1.90. The van der Waals surface area contributed by atoms with Crippen molar-refractivity contribution in [2.45, 2.75) is 13.3 Å². The van der Waals surface area contributed by atoms with E-state index in [4.69, 9.17) is 4.74 Å². The van der Waals surface area contributed by atoms with Crippen LogP contribution in [0.2, 0.25) is 0 Å². The number of benzene rings is 1. The first kappa shape index (κ1) is 25.0. The van der Waals surface area contributed by atoms with Gasteiger partial charge in [-0.25, -0.2) is 4.79 Å². The summed E-state index contributed by atoms with van der Waals surface area (Å²) in [4.78, 5) is 33.7. The van der Waals surface area contributed by atoms with Crippen molar-refractivity contribution in [2.24, 2.45) is 4.99 Å². The van der Waals surface area contributed by atoms with Gasteiger partial charge in [0, 0.05) is 59.4 Å². The molecule has 1 fully saturated rings. The van der Waals surface area contributed by atoms with Gasteiger partial charge in [0.2, 0.25) is 0 Å². The molecular formula is C20H32IN5O3. The average molecular weight is 517 g/mol. The molecule has 0 aliphatic carbocycles. The van der Waals surface area contributed by atoms with E-state index >= 15 is 0 Å². The lowest BCUT2D eigenvalue weighted by atomic mass is 10.1. The minimum Gasteiger partial charge on any atom is -0.450 e. The highest BCUT2D eigenvalue weighted by atomic mass is 127. The highest BCUT2D eigenvalue weighted by Gasteiger charge is 2.23. The van der Waals surface area contributed by atoms with Crippen molar-refractivity contribution >= 4 is 41.9 Å². The molecule has 1 aliphatic rings. The molecule has 0 bridgehead atoms. The highest BCUT2D eigenvalue weighted by Crippen LogP contribution is 2.08. The molecule has 1 aromatic carbocycles. The van der Waals surface area contributed by atoms with Crippen LogP contribution in [0.5, 0.6) is 0 Å². The van der Waals surface area contributed by atoms with Gasteiger partial charge in [-0.2, -0.15) is 0 Å². The quantitative estimate of drug-likeness (QED) is 0.367. The van der Waals surface area contributed by atoms with Gasteiger partial charge in [0.25, 0.3) is 5.91 Å². The Hall–Kier alpha value is -2.04. The second kappa shape index (κ2) is 12.5. The fraction of sp³-hybridized carbons (Fsp3) is 0.550. The van der Waals surface area contributed by atoms with Crippen LogP contribution in [0.3, 0.4) is 0 Å². The van der Waals surface area contributed by atoms with E-state index in [1.54, 1.807) is 30.9 Å². The molecule has 1 aliphatic heterocycles. The van der Waals surface area contributed by atoms with Crippen LogP contribution in [0, 0.1) is 0 Å². The smallest absolute Gasteiger partial charge is 0.409 e. The Balaban J connectivity index is 0.00000420. The minimum atomic E-state index is -0.253. The monoisotopic (exact) mass is 517 g/mol. The maximum Gasteiger partial charge on any atom is 0.409 e. The van der Waals surface area contributed by atoms with E-state index in [0.29, 0.717) is 44.9 Å². The number of nitrogens with one attached hydrogen (secondary N) is 1. The minimum absolute atomic E-state index is 0. The third kappa shape index (κ3) is 7.37. The van der Waals surface area contributed by atoms with Crippen LogP contribution >= 0.6 is 24.0 Å². The largest absolute Gasteiger partial charge is 0.450 e. The molecule has 9 heteroatoms. The van der Waals surface area contributed by atoms with Crippen molar-refractivity contribution in [1.29, 1.82) is 0 Å². The number of aliphatic imine (C=N–C) groups is 1. The number of amides is 2. The zero-order valence-corrected chi connectivity index (χ0v) is 20.0. The third-order valence-corrected chi connectivity index (χ3v) is 4.59. The first-order valence-electron chi connectivity index (χ1n) is 9.64. The second-order valence-corrected chi connectivity index (χ2v) is 6.80. The van der Waals surface area contributed by atoms with Crippen molar-refractivity contribution in [3.05, 3.63) is 35.4 Å². The Bertz CT molecular complexity index is 703. The number of rotatable bonds is 5. The van der Waals surface area contributed by atoms with E-state index in [1.807, 2.05) is 31.2 Å².